The fraction of sp³-hybridized carbons (Fsp3) is 0.286. The molecule has 0 bridgehead atoms. The molecule has 0 aliphatic heterocycles. The number of rotatable bonds is 12. The summed E-state index contributed by atoms with van der Waals surface area (Å²) in [5.74, 6) is 0.738. The van der Waals surface area contributed by atoms with Crippen LogP contribution in [0.1, 0.15) is 44.1 Å². The topological polar surface area (TPSA) is 119 Å². The van der Waals surface area contributed by atoms with E-state index in [2.05, 4.69) is 25.7 Å². The summed E-state index contributed by atoms with van der Waals surface area (Å²) < 4.78 is 49.5. The highest BCUT2D eigenvalue weighted by atomic mass is 35.5. The van der Waals surface area contributed by atoms with Gasteiger partial charge in [0, 0.05) is 36.5 Å². The van der Waals surface area contributed by atoms with Crippen LogP contribution in [0.25, 0.3) is 0 Å². The van der Waals surface area contributed by atoms with E-state index in [1.165, 1.54) is 19.4 Å². The minimum absolute atomic E-state index is 0.0737. The van der Waals surface area contributed by atoms with Gasteiger partial charge >= 0.3 is 18.2 Å². The summed E-state index contributed by atoms with van der Waals surface area (Å²) >= 11 is 5.60. The first-order valence-electron chi connectivity index (χ1n) is 12.6. The number of anilines is 3. The summed E-state index contributed by atoms with van der Waals surface area (Å²) in [4.78, 5) is 39.7. The van der Waals surface area contributed by atoms with Crippen molar-refractivity contribution < 1.29 is 37.0 Å². The second kappa shape index (κ2) is 14.9. The maximum atomic E-state index is 13.0. The minimum Gasteiger partial charge on any atom is -0.469 e. The van der Waals surface area contributed by atoms with E-state index < -0.39 is 22.8 Å². The number of benzene rings is 2. The van der Waals surface area contributed by atoms with Crippen molar-refractivity contribution in [2.24, 2.45) is 0 Å². The Balaban J connectivity index is 1.46. The van der Waals surface area contributed by atoms with E-state index in [1.54, 1.807) is 36.4 Å². The number of methoxy groups -OCH3 is 1. The lowest BCUT2D eigenvalue weighted by Gasteiger charge is -2.13. The Bertz CT molecular complexity index is 1350. The molecule has 0 aliphatic carbocycles. The van der Waals surface area contributed by atoms with Gasteiger partial charge in [-0.3, -0.25) is 9.59 Å². The molecular formula is C28H28ClF3N4O5. The molecule has 41 heavy (non-hydrogen) atoms. The smallest absolute Gasteiger partial charge is 0.417 e. The van der Waals surface area contributed by atoms with Gasteiger partial charge in [0.05, 0.1) is 17.7 Å². The van der Waals surface area contributed by atoms with Crippen LogP contribution >= 0.6 is 11.6 Å². The van der Waals surface area contributed by atoms with Crippen LogP contribution in [0.15, 0.2) is 60.8 Å². The molecule has 1 aromatic heterocycles. The van der Waals surface area contributed by atoms with Crippen molar-refractivity contribution in [2.75, 3.05) is 23.1 Å². The number of nitrogens with one attached hydrogen (secondary N) is 3. The van der Waals surface area contributed by atoms with Gasteiger partial charge < -0.3 is 25.4 Å². The molecule has 2 aromatic carbocycles. The van der Waals surface area contributed by atoms with Crippen LogP contribution in [0.5, 0.6) is 11.5 Å². The molecule has 3 amide bonds. The number of esters is 1. The van der Waals surface area contributed by atoms with Crippen LogP contribution < -0.4 is 20.7 Å². The van der Waals surface area contributed by atoms with Gasteiger partial charge in [-0.15, -0.1) is 0 Å². The van der Waals surface area contributed by atoms with E-state index in [1.807, 2.05) is 0 Å². The molecule has 0 saturated carbocycles. The average Bonchev–Trinajstić information content (AvgIpc) is 2.92. The highest BCUT2D eigenvalue weighted by molar-refractivity contribution is 6.31. The molecule has 218 valence electrons. The molecular weight excluding hydrogens is 565 g/mol. The van der Waals surface area contributed by atoms with Crippen LogP contribution in [-0.2, 0) is 20.5 Å². The molecule has 9 nitrogen and oxygen atoms in total. The number of aromatic nitrogens is 1. The Hall–Kier alpha value is -4.32. The fourth-order valence-corrected chi connectivity index (χ4v) is 3.84. The maximum absolute atomic E-state index is 13.0. The average molecular weight is 593 g/mol. The Morgan fingerprint density at radius 2 is 1.49 bits per heavy atom. The summed E-state index contributed by atoms with van der Waals surface area (Å²) in [6.45, 7) is 0. The van der Waals surface area contributed by atoms with Crippen LogP contribution in [0, 0.1) is 0 Å². The Morgan fingerprint density at radius 3 is 2.17 bits per heavy atom. The van der Waals surface area contributed by atoms with Crippen LogP contribution in [-0.4, -0.2) is 30.0 Å². The van der Waals surface area contributed by atoms with Crippen molar-refractivity contribution in [3.63, 3.8) is 0 Å². The zero-order valence-corrected chi connectivity index (χ0v) is 22.8. The zero-order valence-electron chi connectivity index (χ0n) is 22.0. The van der Waals surface area contributed by atoms with Gasteiger partial charge in [-0.05, 0) is 61.4 Å². The number of hydrogen-bond donors (Lipinski definition) is 3. The Labute approximate surface area is 239 Å². The number of amides is 3. The van der Waals surface area contributed by atoms with Gasteiger partial charge in [-0.2, -0.15) is 13.2 Å². The number of hydrogen-bond acceptors (Lipinski definition) is 6. The lowest BCUT2D eigenvalue weighted by molar-refractivity contribution is -0.141. The first-order valence-corrected chi connectivity index (χ1v) is 13.0. The number of carbonyl (C=O) groups excluding carboxylic acids is 3. The van der Waals surface area contributed by atoms with E-state index in [4.69, 9.17) is 16.3 Å². The van der Waals surface area contributed by atoms with Crippen molar-refractivity contribution in [3.05, 3.63) is 71.4 Å². The number of ether oxygens (including phenoxy) is 2. The molecule has 0 atom stereocenters. The highest BCUT2D eigenvalue weighted by Gasteiger charge is 2.33. The summed E-state index contributed by atoms with van der Waals surface area (Å²) in [5.41, 5.74) is -0.760. The van der Waals surface area contributed by atoms with Crippen molar-refractivity contribution in [1.82, 2.24) is 4.98 Å². The van der Waals surface area contributed by atoms with E-state index in [0.29, 0.717) is 42.3 Å². The van der Waals surface area contributed by atoms with Crippen LogP contribution in [0.3, 0.4) is 0 Å². The number of alkyl halides is 3. The number of urea groups is 1. The quantitative estimate of drug-likeness (QED) is 0.147. The molecule has 0 saturated heterocycles. The molecule has 3 aromatic rings. The number of halogens is 4. The van der Waals surface area contributed by atoms with Gasteiger partial charge in [0.25, 0.3) is 0 Å². The third kappa shape index (κ3) is 10.6. The van der Waals surface area contributed by atoms with Gasteiger partial charge in [-0.1, -0.05) is 24.4 Å². The predicted molar refractivity (Wildman–Crippen MR) is 148 cm³/mol. The molecule has 3 N–H and O–H groups in total. The summed E-state index contributed by atoms with van der Waals surface area (Å²) in [5, 5.41) is 7.11. The lowest BCUT2D eigenvalue weighted by atomic mass is 10.1. The van der Waals surface area contributed by atoms with Crippen molar-refractivity contribution in [1.29, 1.82) is 0 Å². The standard InChI is InChI=1S/C28H28ClF3N4O5/c1-40-26(38)7-5-3-2-4-6-25(37)36-24-17-21(14-15-33-24)41-20-11-8-18(9-12-20)34-27(39)35-19-10-13-23(29)22(16-19)28(30,31)32/h8-17H,2-7H2,1H3,(H,33,36,37)(H2,34,35,39). The predicted octanol–water partition coefficient (Wildman–Crippen LogP) is 7.64. The number of unbranched alkanes of at least 4 members (excludes halogenated alkanes) is 3. The van der Waals surface area contributed by atoms with E-state index in [0.717, 1.165) is 31.4 Å². The van der Waals surface area contributed by atoms with Crippen molar-refractivity contribution >= 4 is 46.7 Å². The maximum Gasteiger partial charge on any atom is 0.417 e. The Kier molecular flexibility index (Phi) is 11.3. The highest BCUT2D eigenvalue weighted by Crippen LogP contribution is 2.36. The largest absolute Gasteiger partial charge is 0.469 e. The van der Waals surface area contributed by atoms with E-state index in [9.17, 15) is 27.6 Å². The van der Waals surface area contributed by atoms with Gasteiger partial charge in [0.1, 0.15) is 17.3 Å². The fourth-order valence-electron chi connectivity index (χ4n) is 3.61. The SMILES string of the molecule is COC(=O)CCCCCCC(=O)Nc1cc(Oc2ccc(NC(=O)Nc3ccc(Cl)c(C(F)(F)F)c3)cc2)ccn1. The molecule has 0 aliphatic rings. The van der Waals surface area contributed by atoms with E-state index >= 15 is 0 Å². The number of nitrogens with zero attached hydrogens (tertiary/aromatic N) is 1. The zero-order chi connectivity index (χ0) is 29.8. The monoisotopic (exact) mass is 592 g/mol. The van der Waals surface area contributed by atoms with E-state index in [-0.39, 0.29) is 17.6 Å². The minimum atomic E-state index is -4.66. The summed E-state index contributed by atoms with van der Waals surface area (Å²) in [6, 6.07) is 11.8. The first-order chi connectivity index (χ1) is 19.5. The first kappa shape index (κ1) is 31.2. The molecule has 0 radical (unpaired) electrons. The number of carbonyl (C=O) groups is 3. The van der Waals surface area contributed by atoms with Crippen LogP contribution in [0.2, 0.25) is 5.02 Å². The molecule has 0 fully saturated rings. The number of pyridine rings is 1. The van der Waals surface area contributed by atoms with Gasteiger partial charge in [0.2, 0.25) is 5.91 Å². The molecule has 1 heterocycles. The van der Waals surface area contributed by atoms with Gasteiger partial charge in [-0.25, -0.2) is 9.78 Å². The normalized spacial score (nSPS) is 11.0. The third-order valence-electron chi connectivity index (χ3n) is 5.64. The second-order valence-corrected chi connectivity index (χ2v) is 9.22. The lowest BCUT2D eigenvalue weighted by Crippen LogP contribution is -2.19. The molecule has 3 rings (SSSR count). The second-order valence-electron chi connectivity index (χ2n) is 8.81. The molecule has 0 spiro atoms. The summed E-state index contributed by atoms with van der Waals surface area (Å²) in [6.07, 6.45) is 0.546. The van der Waals surface area contributed by atoms with Gasteiger partial charge in [0.15, 0.2) is 0 Å². The van der Waals surface area contributed by atoms with Crippen molar-refractivity contribution in [2.45, 2.75) is 44.7 Å². The molecule has 0 unspecified atom stereocenters. The van der Waals surface area contributed by atoms with Crippen LogP contribution in [0.4, 0.5) is 35.2 Å². The summed E-state index contributed by atoms with van der Waals surface area (Å²) in [7, 11) is 1.35. The third-order valence-corrected chi connectivity index (χ3v) is 5.97. The molecule has 13 heteroatoms. The van der Waals surface area contributed by atoms with Crippen molar-refractivity contribution in [3.8, 4) is 11.5 Å². The Morgan fingerprint density at radius 1 is 0.829 bits per heavy atom.